The Labute approximate surface area is 192 Å². The number of aliphatic hydroxyl groups is 2. The molecule has 0 saturated heterocycles. The van der Waals surface area contributed by atoms with Gasteiger partial charge in [0.25, 0.3) is 0 Å². The van der Waals surface area contributed by atoms with E-state index in [2.05, 4.69) is 15.3 Å². The fourth-order valence-corrected chi connectivity index (χ4v) is 3.50. The standard InChI is InChI=1S/C21H45NO2.C2H6O4S/c1-3-4-5-6-7-8-9-10-11-12-13-14-15-16-17-18-19-22(2)20-21(23)24;1-5-7(3,4)6-2/h21,23-24H,3-20H2,1-2H3;1-2H3. The van der Waals surface area contributed by atoms with E-state index in [0.717, 1.165) is 20.8 Å². The van der Waals surface area contributed by atoms with E-state index < -0.39 is 16.7 Å². The molecule has 0 rings (SSSR count). The maximum atomic E-state index is 9.92. The lowest BCUT2D eigenvalue weighted by Crippen LogP contribution is -2.29. The number of likely N-dealkylation sites (N-methyl/N-ethyl adjacent to an activating group) is 1. The van der Waals surface area contributed by atoms with Crippen LogP contribution in [0.2, 0.25) is 0 Å². The normalized spacial score (nSPS) is 11.7. The maximum absolute atomic E-state index is 9.92. The first-order valence-electron chi connectivity index (χ1n) is 12.2. The Morgan fingerprint density at radius 2 is 1.00 bits per heavy atom. The van der Waals surface area contributed by atoms with E-state index in [1.54, 1.807) is 0 Å². The van der Waals surface area contributed by atoms with Crippen molar-refractivity contribution in [3.8, 4) is 0 Å². The van der Waals surface area contributed by atoms with Crippen molar-refractivity contribution >= 4 is 10.4 Å². The van der Waals surface area contributed by atoms with Crippen molar-refractivity contribution < 1.29 is 27.0 Å². The Balaban J connectivity index is 0. The SMILES string of the molecule is CCCCCCCCCCCCCCCCCCN(C)CC(O)O.COS(=O)(=O)OC. The predicted octanol–water partition coefficient (Wildman–Crippen LogP) is 5.01. The molecule has 0 saturated carbocycles. The summed E-state index contributed by atoms with van der Waals surface area (Å²) in [6, 6.07) is 0. The third-order valence-electron chi connectivity index (χ3n) is 5.28. The molecule has 0 aromatic heterocycles. The van der Waals surface area contributed by atoms with E-state index in [0.29, 0.717) is 6.54 Å². The van der Waals surface area contributed by atoms with Crippen LogP contribution in [0.1, 0.15) is 110 Å². The minimum absolute atomic E-state index is 0.360. The van der Waals surface area contributed by atoms with E-state index in [4.69, 9.17) is 10.2 Å². The van der Waals surface area contributed by atoms with Crippen LogP contribution in [0.3, 0.4) is 0 Å². The molecular weight excluding hydrogens is 418 g/mol. The van der Waals surface area contributed by atoms with Gasteiger partial charge in [0.05, 0.1) is 14.2 Å². The average molecular weight is 470 g/mol. The zero-order chi connectivity index (χ0) is 23.8. The van der Waals surface area contributed by atoms with Crippen molar-refractivity contribution in [3.63, 3.8) is 0 Å². The van der Waals surface area contributed by atoms with E-state index >= 15 is 0 Å². The molecule has 0 atom stereocenters. The van der Waals surface area contributed by atoms with Crippen LogP contribution >= 0.6 is 0 Å². The van der Waals surface area contributed by atoms with Crippen molar-refractivity contribution in [3.05, 3.63) is 0 Å². The first-order chi connectivity index (χ1) is 14.8. The van der Waals surface area contributed by atoms with Gasteiger partial charge >= 0.3 is 10.4 Å². The van der Waals surface area contributed by atoms with Crippen molar-refractivity contribution in [2.24, 2.45) is 0 Å². The lowest BCUT2D eigenvalue weighted by atomic mass is 10.0. The van der Waals surface area contributed by atoms with Gasteiger partial charge in [-0.05, 0) is 20.0 Å². The third-order valence-corrected chi connectivity index (χ3v) is 6.09. The summed E-state index contributed by atoms with van der Waals surface area (Å²) in [5.41, 5.74) is 0. The minimum Gasteiger partial charge on any atom is -0.367 e. The van der Waals surface area contributed by atoms with Crippen LogP contribution in [0.15, 0.2) is 0 Å². The first-order valence-corrected chi connectivity index (χ1v) is 13.5. The number of unbranched alkanes of at least 4 members (excludes halogenated alkanes) is 15. The van der Waals surface area contributed by atoms with Crippen LogP contribution in [-0.4, -0.2) is 64.2 Å². The van der Waals surface area contributed by atoms with E-state index in [1.807, 2.05) is 11.9 Å². The lowest BCUT2D eigenvalue weighted by Gasteiger charge is -2.17. The molecule has 0 unspecified atom stereocenters. The van der Waals surface area contributed by atoms with Gasteiger partial charge < -0.3 is 15.1 Å². The molecule has 0 aromatic carbocycles. The summed E-state index contributed by atoms with van der Waals surface area (Å²) >= 11 is 0. The van der Waals surface area contributed by atoms with E-state index in [-0.39, 0.29) is 0 Å². The number of hydrogen-bond donors (Lipinski definition) is 2. The van der Waals surface area contributed by atoms with Crippen molar-refractivity contribution in [2.75, 3.05) is 34.4 Å². The summed E-state index contributed by atoms with van der Waals surface area (Å²) in [5.74, 6) is 0. The number of nitrogens with zero attached hydrogens (tertiary/aromatic N) is 1. The van der Waals surface area contributed by atoms with Crippen molar-refractivity contribution in [1.29, 1.82) is 0 Å². The molecule has 2 N–H and O–H groups in total. The Bertz CT molecular complexity index is 435. The predicted molar refractivity (Wildman–Crippen MR) is 128 cm³/mol. The molecule has 0 fully saturated rings. The summed E-state index contributed by atoms with van der Waals surface area (Å²) in [6.07, 6.45) is 21.0. The fraction of sp³-hybridized carbons (Fsp3) is 1.00. The first kappa shape index (κ1) is 32.9. The van der Waals surface area contributed by atoms with Gasteiger partial charge in [0.2, 0.25) is 0 Å². The molecule has 0 spiro atoms. The molecule has 31 heavy (non-hydrogen) atoms. The highest BCUT2D eigenvalue weighted by atomic mass is 32.3. The zero-order valence-electron chi connectivity index (χ0n) is 20.7. The van der Waals surface area contributed by atoms with Crippen LogP contribution in [-0.2, 0) is 18.8 Å². The zero-order valence-corrected chi connectivity index (χ0v) is 21.5. The highest BCUT2D eigenvalue weighted by molar-refractivity contribution is 7.81. The number of aliphatic hydroxyl groups excluding tert-OH is 1. The largest absolute Gasteiger partial charge is 0.399 e. The van der Waals surface area contributed by atoms with Gasteiger partial charge in [-0.15, -0.1) is 0 Å². The Morgan fingerprint density at radius 1 is 0.677 bits per heavy atom. The highest BCUT2D eigenvalue weighted by Crippen LogP contribution is 2.13. The van der Waals surface area contributed by atoms with E-state index in [9.17, 15) is 8.42 Å². The summed E-state index contributed by atoms with van der Waals surface area (Å²) in [7, 11) is 0.345. The topological polar surface area (TPSA) is 96.3 Å². The summed E-state index contributed by atoms with van der Waals surface area (Å²) < 4.78 is 27.5. The monoisotopic (exact) mass is 469 g/mol. The van der Waals surface area contributed by atoms with Crippen molar-refractivity contribution in [1.82, 2.24) is 4.90 Å². The molecular formula is C23H51NO6S. The minimum atomic E-state index is -3.66. The fourth-order valence-electron chi connectivity index (χ4n) is 3.37. The number of rotatable bonds is 21. The molecule has 0 heterocycles. The molecule has 0 amide bonds. The molecule has 0 aliphatic heterocycles. The van der Waals surface area contributed by atoms with Crippen LogP contribution in [0, 0.1) is 0 Å². The Kier molecular flexibility index (Phi) is 25.9. The molecule has 0 bridgehead atoms. The summed E-state index contributed by atoms with van der Waals surface area (Å²) in [6.45, 7) is 3.61. The second-order valence-electron chi connectivity index (χ2n) is 8.29. The van der Waals surface area contributed by atoms with Gasteiger partial charge in [0, 0.05) is 6.54 Å². The van der Waals surface area contributed by atoms with Crippen molar-refractivity contribution in [2.45, 2.75) is 116 Å². The lowest BCUT2D eigenvalue weighted by molar-refractivity contribution is -0.0573. The summed E-state index contributed by atoms with van der Waals surface area (Å²) in [5, 5.41) is 17.7. The van der Waals surface area contributed by atoms with E-state index in [1.165, 1.54) is 103 Å². The van der Waals surface area contributed by atoms with Crippen LogP contribution in [0.4, 0.5) is 0 Å². The quantitative estimate of drug-likeness (QED) is 0.180. The second kappa shape index (κ2) is 24.4. The molecule has 0 radical (unpaired) electrons. The van der Waals surface area contributed by atoms with Gasteiger partial charge in [0.1, 0.15) is 0 Å². The van der Waals surface area contributed by atoms with Gasteiger partial charge in [-0.2, -0.15) is 8.42 Å². The Hall–Kier alpha value is -0.250. The van der Waals surface area contributed by atoms with Gasteiger partial charge in [-0.25, -0.2) is 0 Å². The Morgan fingerprint density at radius 3 is 1.26 bits per heavy atom. The van der Waals surface area contributed by atoms with Gasteiger partial charge in [-0.1, -0.05) is 103 Å². The molecule has 190 valence electrons. The van der Waals surface area contributed by atoms with Crippen LogP contribution in [0.25, 0.3) is 0 Å². The molecule has 0 aliphatic carbocycles. The number of hydrogen-bond acceptors (Lipinski definition) is 7. The highest BCUT2D eigenvalue weighted by Gasteiger charge is 2.03. The average Bonchev–Trinajstić information content (AvgIpc) is 2.73. The second-order valence-corrected chi connectivity index (χ2v) is 9.77. The van der Waals surface area contributed by atoms with Crippen LogP contribution < -0.4 is 0 Å². The van der Waals surface area contributed by atoms with Crippen LogP contribution in [0.5, 0.6) is 0 Å². The molecule has 0 aromatic rings. The van der Waals surface area contributed by atoms with Gasteiger partial charge in [-0.3, -0.25) is 8.37 Å². The third kappa shape index (κ3) is 29.8. The maximum Gasteiger partial charge on any atom is 0.399 e. The summed E-state index contributed by atoms with van der Waals surface area (Å²) in [4.78, 5) is 1.99. The smallest absolute Gasteiger partial charge is 0.367 e. The molecule has 0 aliphatic rings. The van der Waals surface area contributed by atoms with Gasteiger partial charge in [0.15, 0.2) is 6.29 Å². The molecule has 7 nitrogen and oxygen atoms in total. The molecule has 8 heteroatoms.